The van der Waals surface area contributed by atoms with Gasteiger partial charge in [0.1, 0.15) is 11.8 Å². The smallest absolute Gasteiger partial charge is 0.236 e. The standard InChI is InChI=1S/C13H13N3O2/c1-3-17-11-6-4-10(5-7-11)16-13-12(8-14)15-9(2)18-13/h4-7,16H,3H2,1-2H3. The summed E-state index contributed by atoms with van der Waals surface area (Å²) in [5.41, 5.74) is 1.06. The van der Waals surface area contributed by atoms with E-state index in [4.69, 9.17) is 14.4 Å². The van der Waals surface area contributed by atoms with Crippen LogP contribution >= 0.6 is 0 Å². The third-order valence-electron chi connectivity index (χ3n) is 2.26. The number of aryl methyl sites for hydroxylation is 1. The van der Waals surface area contributed by atoms with Gasteiger partial charge >= 0.3 is 0 Å². The lowest BCUT2D eigenvalue weighted by Gasteiger charge is -2.05. The van der Waals surface area contributed by atoms with Crippen LogP contribution in [0.3, 0.4) is 0 Å². The molecule has 92 valence electrons. The van der Waals surface area contributed by atoms with E-state index >= 15 is 0 Å². The highest BCUT2D eigenvalue weighted by molar-refractivity contribution is 5.60. The molecule has 2 aromatic rings. The van der Waals surface area contributed by atoms with Crippen molar-refractivity contribution in [1.29, 1.82) is 5.26 Å². The average Bonchev–Trinajstić information content (AvgIpc) is 2.72. The second kappa shape index (κ2) is 5.23. The van der Waals surface area contributed by atoms with Crippen molar-refractivity contribution in [3.05, 3.63) is 35.9 Å². The van der Waals surface area contributed by atoms with E-state index in [9.17, 15) is 0 Å². The maximum Gasteiger partial charge on any atom is 0.236 e. The van der Waals surface area contributed by atoms with E-state index in [0.29, 0.717) is 18.4 Å². The van der Waals surface area contributed by atoms with E-state index < -0.39 is 0 Å². The van der Waals surface area contributed by atoms with Gasteiger partial charge in [0.05, 0.1) is 6.61 Å². The highest BCUT2D eigenvalue weighted by Crippen LogP contribution is 2.23. The zero-order valence-electron chi connectivity index (χ0n) is 10.2. The van der Waals surface area contributed by atoms with Crippen LogP contribution in [0, 0.1) is 18.3 Å². The van der Waals surface area contributed by atoms with Gasteiger partial charge in [-0.1, -0.05) is 0 Å². The Kier molecular flexibility index (Phi) is 3.49. The molecule has 0 saturated carbocycles. The van der Waals surface area contributed by atoms with Crippen LogP contribution in [0.5, 0.6) is 5.75 Å². The van der Waals surface area contributed by atoms with Crippen LogP contribution in [-0.2, 0) is 0 Å². The molecule has 0 radical (unpaired) electrons. The number of nitrogens with one attached hydrogen (secondary N) is 1. The second-order valence-corrected chi connectivity index (χ2v) is 3.60. The molecule has 0 bridgehead atoms. The van der Waals surface area contributed by atoms with Crippen LogP contribution in [0.4, 0.5) is 11.6 Å². The molecule has 1 aromatic heterocycles. The summed E-state index contributed by atoms with van der Waals surface area (Å²) in [7, 11) is 0. The SMILES string of the molecule is CCOc1ccc(Nc2oc(C)nc2C#N)cc1. The summed E-state index contributed by atoms with van der Waals surface area (Å²) in [6.07, 6.45) is 0. The molecule has 0 amide bonds. The predicted molar refractivity (Wildman–Crippen MR) is 66.8 cm³/mol. The monoisotopic (exact) mass is 243 g/mol. The van der Waals surface area contributed by atoms with Crippen LogP contribution in [0.15, 0.2) is 28.7 Å². The molecule has 0 fully saturated rings. The third-order valence-corrected chi connectivity index (χ3v) is 2.26. The van der Waals surface area contributed by atoms with Gasteiger partial charge in [-0.15, -0.1) is 0 Å². The van der Waals surface area contributed by atoms with E-state index in [1.54, 1.807) is 6.92 Å². The predicted octanol–water partition coefficient (Wildman–Crippen LogP) is 3.00. The number of benzene rings is 1. The van der Waals surface area contributed by atoms with Crippen LogP contribution < -0.4 is 10.1 Å². The van der Waals surface area contributed by atoms with E-state index in [-0.39, 0.29) is 5.69 Å². The van der Waals surface area contributed by atoms with Crippen molar-refractivity contribution in [2.75, 3.05) is 11.9 Å². The van der Waals surface area contributed by atoms with Gasteiger partial charge in [-0.05, 0) is 31.2 Å². The first kappa shape index (κ1) is 12.0. The Hall–Kier alpha value is -2.48. The molecule has 18 heavy (non-hydrogen) atoms. The first-order valence-corrected chi connectivity index (χ1v) is 5.60. The number of nitrogens with zero attached hydrogens (tertiary/aromatic N) is 2. The summed E-state index contributed by atoms with van der Waals surface area (Å²) >= 11 is 0. The fraction of sp³-hybridized carbons (Fsp3) is 0.231. The molecule has 0 atom stereocenters. The number of oxazole rings is 1. The van der Waals surface area contributed by atoms with Gasteiger partial charge in [0, 0.05) is 12.6 Å². The summed E-state index contributed by atoms with van der Waals surface area (Å²) in [4.78, 5) is 3.96. The molecule has 0 aliphatic rings. The Morgan fingerprint density at radius 3 is 2.72 bits per heavy atom. The lowest BCUT2D eigenvalue weighted by Crippen LogP contribution is -1.93. The van der Waals surface area contributed by atoms with Crippen molar-refractivity contribution in [3.63, 3.8) is 0 Å². The van der Waals surface area contributed by atoms with Crippen LogP contribution in [0.1, 0.15) is 18.5 Å². The van der Waals surface area contributed by atoms with Crippen molar-refractivity contribution < 1.29 is 9.15 Å². The summed E-state index contributed by atoms with van der Waals surface area (Å²) in [6.45, 7) is 4.26. The molecule has 1 aromatic carbocycles. The Bertz CT molecular complexity index is 567. The van der Waals surface area contributed by atoms with Crippen molar-refractivity contribution in [3.8, 4) is 11.8 Å². The van der Waals surface area contributed by atoms with Gasteiger partial charge in [-0.3, -0.25) is 0 Å². The minimum absolute atomic E-state index is 0.251. The van der Waals surface area contributed by atoms with Crippen molar-refractivity contribution in [1.82, 2.24) is 4.98 Å². The summed E-state index contributed by atoms with van der Waals surface area (Å²) < 4.78 is 10.7. The largest absolute Gasteiger partial charge is 0.494 e. The molecular formula is C13H13N3O2. The van der Waals surface area contributed by atoms with Gasteiger partial charge in [0.15, 0.2) is 5.89 Å². The Labute approximate surface area is 105 Å². The number of anilines is 2. The molecule has 0 saturated heterocycles. The first-order chi connectivity index (χ1) is 8.72. The zero-order chi connectivity index (χ0) is 13.0. The molecule has 0 unspecified atom stereocenters. The molecule has 0 aliphatic carbocycles. The molecule has 2 rings (SSSR count). The van der Waals surface area contributed by atoms with Gasteiger partial charge in [-0.2, -0.15) is 5.26 Å². The zero-order valence-corrected chi connectivity index (χ0v) is 10.2. The first-order valence-electron chi connectivity index (χ1n) is 5.60. The minimum Gasteiger partial charge on any atom is -0.494 e. The Balaban J connectivity index is 2.16. The fourth-order valence-electron chi connectivity index (χ4n) is 1.52. The highest BCUT2D eigenvalue weighted by Gasteiger charge is 2.10. The van der Waals surface area contributed by atoms with Crippen molar-refractivity contribution >= 4 is 11.6 Å². The summed E-state index contributed by atoms with van der Waals surface area (Å²) in [6, 6.07) is 9.38. The van der Waals surface area contributed by atoms with Gasteiger partial charge in [0.25, 0.3) is 0 Å². The van der Waals surface area contributed by atoms with E-state index in [1.807, 2.05) is 37.3 Å². The van der Waals surface area contributed by atoms with E-state index in [1.165, 1.54) is 0 Å². The Morgan fingerprint density at radius 1 is 1.39 bits per heavy atom. The molecule has 5 nitrogen and oxygen atoms in total. The van der Waals surface area contributed by atoms with Gasteiger partial charge in [-0.25, -0.2) is 4.98 Å². The quantitative estimate of drug-likeness (QED) is 0.893. The third kappa shape index (κ3) is 2.61. The van der Waals surface area contributed by atoms with Crippen LogP contribution in [0.2, 0.25) is 0 Å². The lowest BCUT2D eigenvalue weighted by molar-refractivity contribution is 0.340. The van der Waals surface area contributed by atoms with Gasteiger partial charge < -0.3 is 14.5 Å². The summed E-state index contributed by atoms with van der Waals surface area (Å²) in [5.74, 6) is 1.62. The summed E-state index contributed by atoms with van der Waals surface area (Å²) in [5, 5.41) is 11.9. The number of hydrogen-bond donors (Lipinski definition) is 1. The minimum atomic E-state index is 0.251. The number of ether oxygens (including phenoxy) is 1. The van der Waals surface area contributed by atoms with E-state index in [2.05, 4.69) is 10.3 Å². The van der Waals surface area contributed by atoms with E-state index in [0.717, 1.165) is 11.4 Å². The van der Waals surface area contributed by atoms with Crippen molar-refractivity contribution in [2.24, 2.45) is 0 Å². The number of nitriles is 1. The second-order valence-electron chi connectivity index (χ2n) is 3.60. The molecular weight excluding hydrogens is 230 g/mol. The normalized spacial score (nSPS) is 9.83. The molecule has 0 aliphatic heterocycles. The number of aromatic nitrogens is 1. The number of rotatable bonds is 4. The molecule has 1 heterocycles. The highest BCUT2D eigenvalue weighted by atomic mass is 16.5. The fourth-order valence-corrected chi connectivity index (χ4v) is 1.52. The average molecular weight is 243 g/mol. The topological polar surface area (TPSA) is 71.1 Å². The lowest BCUT2D eigenvalue weighted by atomic mass is 10.3. The number of hydrogen-bond acceptors (Lipinski definition) is 5. The Morgan fingerprint density at radius 2 is 2.11 bits per heavy atom. The molecule has 5 heteroatoms. The molecule has 0 spiro atoms. The molecule has 1 N–H and O–H groups in total. The van der Waals surface area contributed by atoms with Crippen LogP contribution in [-0.4, -0.2) is 11.6 Å². The van der Waals surface area contributed by atoms with Gasteiger partial charge in [0.2, 0.25) is 11.6 Å². The maximum atomic E-state index is 8.89. The maximum absolute atomic E-state index is 8.89. The van der Waals surface area contributed by atoms with Crippen molar-refractivity contribution in [2.45, 2.75) is 13.8 Å². The van der Waals surface area contributed by atoms with Crippen LogP contribution in [0.25, 0.3) is 0 Å².